The number of hydrogen-bond acceptors (Lipinski definition) is 3. The summed E-state index contributed by atoms with van der Waals surface area (Å²) in [7, 11) is 0. The van der Waals surface area contributed by atoms with Crippen LogP contribution in [0.2, 0.25) is 5.02 Å². The molecule has 4 nitrogen and oxygen atoms in total. The van der Waals surface area contributed by atoms with Crippen LogP contribution in [-0.2, 0) is 13.2 Å². The number of benzene rings is 3. The Kier molecular flexibility index (Phi) is 7.69. The molecule has 172 valence electrons. The van der Waals surface area contributed by atoms with Crippen LogP contribution in [0.25, 0.3) is 0 Å². The van der Waals surface area contributed by atoms with Crippen molar-refractivity contribution in [2.75, 3.05) is 26.2 Å². The molecular formula is C28H31ClN2O2. The molecule has 3 aromatic carbocycles. The highest BCUT2D eigenvalue weighted by Crippen LogP contribution is 2.20. The average Bonchev–Trinajstić information content (AvgIpc) is 2.83. The van der Waals surface area contributed by atoms with E-state index in [1.807, 2.05) is 59.5 Å². The predicted molar refractivity (Wildman–Crippen MR) is 134 cm³/mol. The number of carbonyl (C=O) groups excluding carboxylic acids is 1. The minimum Gasteiger partial charge on any atom is -0.489 e. The summed E-state index contributed by atoms with van der Waals surface area (Å²) in [6.07, 6.45) is 0. The van der Waals surface area contributed by atoms with Gasteiger partial charge in [-0.25, -0.2) is 0 Å². The third-order valence-electron chi connectivity index (χ3n) is 6.08. The Morgan fingerprint density at radius 2 is 1.61 bits per heavy atom. The summed E-state index contributed by atoms with van der Waals surface area (Å²) < 4.78 is 5.95. The maximum Gasteiger partial charge on any atom is 0.253 e. The number of halogens is 1. The summed E-state index contributed by atoms with van der Waals surface area (Å²) in [4.78, 5) is 17.4. The van der Waals surface area contributed by atoms with Crippen molar-refractivity contribution in [2.24, 2.45) is 0 Å². The quantitative estimate of drug-likeness (QED) is 0.431. The maximum absolute atomic E-state index is 13.1. The number of amides is 1. The lowest BCUT2D eigenvalue weighted by Crippen LogP contribution is -2.48. The molecule has 1 aliphatic rings. The van der Waals surface area contributed by atoms with Crippen molar-refractivity contribution < 1.29 is 9.53 Å². The molecule has 4 rings (SSSR count). The van der Waals surface area contributed by atoms with Crippen molar-refractivity contribution in [1.29, 1.82) is 0 Å². The van der Waals surface area contributed by atoms with Gasteiger partial charge in [0, 0.05) is 43.3 Å². The van der Waals surface area contributed by atoms with Gasteiger partial charge in [-0.2, -0.15) is 0 Å². The molecule has 0 aromatic heterocycles. The number of ether oxygens (including phenoxy) is 1. The first-order valence-corrected chi connectivity index (χ1v) is 11.9. The minimum absolute atomic E-state index is 0.0838. The Morgan fingerprint density at radius 1 is 0.909 bits per heavy atom. The molecule has 0 radical (unpaired) electrons. The summed E-state index contributed by atoms with van der Waals surface area (Å²) in [5.41, 5.74) is 4.21. The SMILES string of the molecule is CC(C)c1ccc(OCc2cccc(C(=O)N3CCN(Cc4cccc(Cl)c4)CC3)c2)cc1. The molecule has 0 spiro atoms. The zero-order chi connectivity index (χ0) is 23.2. The molecular weight excluding hydrogens is 432 g/mol. The molecule has 0 unspecified atom stereocenters. The van der Waals surface area contributed by atoms with Crippen molar-refractivity contribution in [2.45, 2.75) is 32.9 Å². The predicted octanol–water partition coefficient (Wildman–Crippen LogP) is 6.00. The summed E-state index contributed by atoms with van der Waals surface area (Å²) in [5.74, 6) is 1.42. The number of carbonyl (C=O) groups is 1. The number of hydrogen-bond donors (Lipinski definition) is 0. The lowest BCUT2D eigenvalue weighted by molar-refractivity contribution is 0.0628. The Balaban J connectivity index is 1.30. The van der Waals surface area contributed by atoms with Crippen LogP contribution >= 0.6 is 11.6 Å². The van der Waals surface area contributed by atoms with Gasteiger partial charge >= 0.3 is 0 Å². The number of rotatable bonds is 7. The molecule has 33 heavy (non-hydrogen) atoms. The first-order chi connectivity index (χ1) is 16.0. The maximum atomic E-state index is 13.1. The third-order valence-corrected chi connectivity index (χ3v) is 6.32. The van der Waals surface area contributed by atoms with Gasteiger partial charge in [0.25, 0.3) is 5.91 Å². The van der Waals surface area contributed by atoms with Crippen LogP contribution in [0, 0.1) is 0 Å². The molecule has 0 atom stereocenters. The van der Waals surface area contributed by atoms with E-state index in [0.29, 0.717) is 12.5 Å². The topological polar surface area (TPSA) is 32.8 Å². The standard InChI is InChI=1S/C28H31ClN2O2/c1-21(2)24-9-11-27(12-10-24)33-20-23-6-3-7-25(17-23)28(32)31-15-13-30(14-16-31)19-22-5-4-8-26(29)18-22/h3-12,17-18,21H,13-16,19-20H2,1-2H3. The fourth-order valence-electron chi connectivity index (χ4n) is 4.09. The van der Waals surface area contributed by atoms with Crippen LogP contribution in [0.5, 0.6) is 5.75 Å². The first-order valence-electron chi connectivity index (χ1n) is 11.6. The van der Waals surface area contributed by atoms with Crippen LogP contribution in [0.3, 0.4) is 0 Å². The molecule has 1 fully saturated rings. The second-order valence-electron chi connectivity index (χ2n) is 8.91. The number of nitrogens with zero attached hydrogens (tertiary/aromatic N) is 2. The van der Waals surface area contributed by atoms with Gasteiger partial charge in [-0.3, -0.25) is 9.69 Å². The summed E-state index contributed by atoms with van der Waals surface area (Å²) in [6.45, 7) is 8.81. The lowest BCUT2D eigenvalue weighted by atomic mass is 10.0. The Hall–Kier alpha value is -2.82. The molecule has 0 saturated carbocycles. The second-order valence-corrected chi connectivity index (χ2v) is 9.35. The van der Waals surface area contributed by atoms with Gasteiger partial charge in [0.05, 0.1) is 0 Å². The fourth-order valence-corrected chi connectivity index (χ4v) is 4.31. The van der Waals surface area contributed by atoms with E-state index in [9.17, 15) is 4.79 Å². The highest BCUT2D eigenvalue weighted by atomic mass is 35.5. The summed E-state index contributed by atoms with van der Waals surface area (Å²) >= 11 is 6.10. The third kappa shape index (κ3) is 6.37. The molecule has 0 bridgehead atoms. The summed E-state index contributed by atoms with van der Waals surface area (Å²) in [6, 6.07) is 24.0. The van der Waals surface area contributed by atoms with Crippen molar-refractivity contribution in [1.82, 2.24) is 9.80 Å². The van der Waals surface area contributed by atoms with E-state index in [1.54, 1.807) is 0 Å². The minimum atomic E-state index is 0.0838. The van der Waals surface area contributed by atoms with Gasteiger partial charge in [0.1, 0.15) is 12.4 Å². The Labute approximate surface area is 201 Å². The average molecular weight is 463 g/mol. The molecule has 5 heteroatoms. The zero-order valence-corrected chi connectivity index (χ0v) is 20.1. The van der Waals surface area contributed by atoms with Crippen LogP contribution in [0.1, 0.15) is 46.8 Å². The highest BCUT2D eigenvalue weighted by Gasteiger charge is 2.22. The molecule has 0 N–H and O–H groups in total. The van der Waals surface area contributed by atoms with Gasteiger partial charge in [0.2, 0.25) is 0 Å². The van der Waals surface area contributed by atoms with Gasteiger partial charge < -0.3 is 9.64 Å². The zero-order valence-electron chi connectivity index (χ0n) is 19.3. The molecule has 1 amide bonds. The van der Waals surface area contributed by atoms with Gasteiger partial charge in [-0.1, -0.05) is 61.8 Å². The molecule has 3 aromatic rings. The van der Waals surface area contributed by atoms with E-state index in [2.05, 4.69) is 36.9 Å². The fraction of sp³-hybridized carbons (Fsp3) is 0.321. The van der Waals surface area contributed by atoms with Crippen LogP contribution in [0.15, 0.2) is 72.8 Å². The van der Waals surface area contributed by atoms with E-state index in [4.69, 9.17) is 16.3 Å². The molecule has 1 saturated heterocycles. The van der Waals surface area contributed by atoms with Crippen molar-refractivity contribution in [3.8, 4) is 5.75 Å². The van der Waals surface area contributed by atoms with Crippen LogP contribution in [-0.4, -0.2) is 41.9 Å². The Morgan fingerprint density at radius 3 is 2.30 bits per heavy atom. The van der Waals surface area contributed by atoms with E-state index in [1.165, 1.54) is 11.1 Å². The van der Waals surface area contributed by atoms with Crippen molar-refractivity contribution in [3.63, 3.8) is 0 Å². The van der Waals surface area contributed by atoms with Gasteiger partial charge in [-0.05, 0) is 59.0 Å². The van der Waals surface area contributed by atoms with E-state index >= 15 is 0 Å². The molecule has 0 aliphatic carbocycles. The molecule has 1 aliphatic heterocycles. The Bertz CT molecular complexity index is 1070. The van der Waals surface area contributed by atoms with E-state index < -0.39 is 0 Å². The monoisotopic (exact) mass is 462 g/mol. The van der Waals surface area contributed by atoms with Gasteiger partial charge in [-0.15, -0.1) is 0 Å². The van der Waals surface area contributed by atoms with Crippen molar-refractivity contribution in [3.05, 3.63) is 100 Å². The van der Waals surface area contributed by atoms with Crippen LogP contribution in [0.4, 0.5) is 0 Å². The van der Waals surface area contributed by atoms with Gasteiger partial charge in [0.15, 0.2) is 0 Å². The van der Waals surface area contributed by atoms with E-state index in [0.717, 1.165) is 54.6 Å². The lowest BCUT2D eigenvalue weighted by Gasteiger charge is -2.35. The number of piperazine rings is 1. The highest BCUT2D eigenvalue weighted by molar-refractivity contribution is 6.30. The second kappa shape index (κ2) is 10.9. The van der Waals surface area contributed by atoms with E-state index in [-0.39, 0.29) is 5.91 Å². The first kappa shape index (κ1) is 23.3. The van der Waals surface area contributed by atoms with Crippen LogP contribution < -0.4 is 4.74 Å². The largest absolute Gasteiger partial charge is 0.489 e. The summed E-state index contributed by atoms with van der Waals surface area (Å²) in [5, 5.41) is 0.762. The molecule has 1 heterocycles. The van der Waals surface area contributed by atoms with Crippen molar-refractivity contribution >= 4 is 17.5 Å². The smallest absolute Gasteiger partial charge is 0.253 e. The normalized spacial score (nSPS) is 14.5.